The van der Waals surface area contributed by atoms with Gasteiger partial charge in [-0.3, -0.25) is 10.1 Å². The van der Waals surface area contributed by atoms with Crippen molar-refractivity contribution in [3.05, 3.63) is 52.5 Å². The number of rotatable bonds is 4. The van der Waals surface area contributed by atoms with Crippen molar-refractivity contribution in [1.82, 2.24) is 10.1 Å². The van der Waals surface area contributed by atoms with Crippen LogP contribution in [0.2, 0.25) is 0 Å². The van der Waals surface area contributed by atoms with E-state index in [9.17, 15) is 23.5 Å². The molecule has 3 aromatic rings. The van der Waals surface area contributed by atoms with E-state index in [1.165, 1.54) is 6.20 Å². The second-order valence-corrected chi connectivity index (χ2v) is 5.35. The molecule has 0 fully saturated rings. The van der Waals surface area contributed by atoms with Crippen molar-refractivity contribution < 1.29 is 28.0 Å². The summed E-state index contributed by atoms with van der Waals surface area (Å²) in [4.78, 5) is 27.4. The van der Waals surface area contributed by atoms with Crippen molar-refractivity contribution in [2.75, 3.05) is 5.32 Å². The summed E-state index contributed by atoms with van der Waals surface area (Å²) in [5.74, 6) is -4.82. The van der Waals surface area contributed by atoms with Crippen LogP contribution in [0.4, 0.5) is 14.7 Å². The Bertz CT molecular complexity index is 924. The van der Waals surface area contributed by atoms with Gasteiger partial charge in [-0.05, 0) is 12.1 Å². The molecule has 10 heteroatoms. The fourth-order valence-corrected chi connectivity index (χ4v) is 2.53. The normalized spacial score (nSPS) is 10.6. The highest BCUT2D eigenvalue weighted by Gasteiger charge is 2.27. The summed E-state index contributed by atoms with van der Waals surface area (Å²) in [5.41, 5.74) is -0.951. The molecule has 7 nitrogen and oxygen atoms in total. The van der Waals surface area contributed by atoms with E-state index in [1.807, 2.05) is 0 Å². The summed E-state index contributed by atoms with van der Waals surface area (Å²) < 4.78 is 31.3. The van der Waals surface area contributed by atoms with Crippen LogP contribution in [0.5, 0.6) is 0 Å². The first-order valence-corrected chi connectivity index (χ1v) is 7.24. The maximum atomic E-state index is 13.6. The fourth-order valence-electron chi connectivity index (χ4n) is 1.90. The molecule has 0 aliphatic carbocycles. The third kappa shape index (κ3) is 2.86. The Balaban J connectivity index is 1.95. The Morgan fingerprint density at radius 2 is 2.08 bits per heavy atom. The molecule has 2 heterocycles. The van der Waals surface area contributed by atoms with Crippen molar-refractivity contribution in [2.45, 2.75) is 0 Å². The van der Waals surface area contributed by atoms with Gasteiger partial charge in [0.15, 0.2) is 11.3 Å². The quantitative estimate of drug-likeness (QED) is 0.748. The molecule has 0 bridgehead atoms. The molecule has 0 aliphatic heterocycles. The zero-order chi connectivity index (χ0) is 17.3. The summed E-state index contributed by atoms with van der Waals surface area (Å²) in [7, 11) is 0. The topological polar surface area (TPSA) is 105 Å². The van der Waals surface area contributed by atoms with Crippen LogP contribution in [0, 0.1) is 11.6 Å². The first-order chi connectivity index (χ1) is 11.5. The van der Waals surface area contributed by atoms with Gasteiger partial charge in [0.2, 0.25) is 5.88 Å². The molecule has 0 spiro atoms. The molecule has 0 atom stereocenters. The third-order valence-electron chi connectivity index (χ3n) is 2.94. The zero-order valence-electron chi connectivity index (χ0n) is 11.6. The molecule has 2 aromatic heterocycles. The average Bonchev–Trinajstić information content (AvgIpc) is 3.15. The van der Waals surface area contributed by atoms with Crippen LogP contribution in [0.25, 0.3) is 10.7 Å². The van der Waals surface area contributed by atoms with Gasteiger partial charge in [-0.2, -0.15) is 0 Å². The van der Waals surface area contributed by atoms with Gasteiger partial charge >= 0.3 is 5.97 Å². The standard InChI is InChI=1S/C14H7F2N3O4S/c15-6-1-2-7(8(16)5-6)11(20)18-12-9(14(21)22)10(19-23-12)13-17-3-4-24-13/h1-5H,(H,18,20)(H,21,22). The minimum Gasteiger partial charge on any atom is -0.477 e. The molecule has 0 saturated carbocycles. The number of aromatic nitrogens is 2. The minimum atomic E-state index is -1.41. The van der Waals surface area contributed by atoms with Crippen LogP contribution in [0.1, 0.15) is 20.7 Å². The number of aromatic carboxylic acids is 1. The molecule has 0 saturated heterocycles. The number of carbonyl (C=O) groups excluding carboxylic acids is 1. The first kappa shape index (κ1) is 15.7. The molecule has 1 aromatic carbocycles. The molecule has 24 heavy (non-hydrogen) atoms. The summed E-state index contributed by atoms with van der Waals surface area (Å²) >= 11 is 1.13. The van der Waals surface area contributed by atoms with E-state index < -0.39 is 40.5 Å². The highest BCUT2D eigenvalue weighted by molar-refractivity contribution is 7.13. The van der Waals surface area contributed by atoms with Crippen LogP contribution in [-0.4, -0.2) is 27.1 Å². The fraction of sp³-hybridized carbons (Fsp3) is 0. The summed E-state index contributed by atoms with van der Waals surface area (Å²) in [6.07, 6.45) is 1.45. The van der Waals surface area contributed by atoms with E-state index in [4.69, 9.17) is 4.52 Å². The van der Waals surface area contributed by atoms with Gasteiger partial charge in [-0.1, -0.05) is 5.16 Å². The van der Waals surface area contributed by atoms with E-state index in [0.29, 0.717) is 6.07 Å². The van der Waals surface area contributed by atoms with E-state index in [0.717, 1.165) is 23.5 Å². The lowest BCUT2D eigenvalue weighted by Crippen LogP contribution is -2.15. The number of halogens is 2. The molecule has 0 unspecified atom stereocenters. The van der Waals surface area contributed by atoms with Crippen molar-refractivity contribution in [3.8, 4) is 10.7 Å². The lowest BCUT2D eigenvalue weighted by molar-refractivity contribution is 0.0698. The number of nitrogens with zero attached hydrogens (tertiary/aromatic N) is 2. The summed E-state index contributed by atoms with van der Waals surface area (Å²) in [5, 5.41) is 16.9. The Hall–Kier alpha value is -3.14. The Morgan fingerprint density at radius 3 is 2.71 bits per heavy atom. The number of carboxylic acids is 1. The Morgan fingerprint density at radius 1 is 1.29 bits per heavy atom. The Labute approximate surface area is 136 Å². The monoisotopic (exact) mass is 351 g/mol. The number of carbonyl (C=O) groups is 2. The van der Waals surface area contributed by atoms with Crippen molar-refractivity contribution >= 4 is 29.1 Å². The number of nitrogens with one attached hydrogen (secondary N) is 1. The second kappa shape index (κ2) is 6.16. The van der Waals surface area contributed by atoms with Crippen LogP contribution in [-0.2, 0) is 0 Å². The number of anilines is 1. The maximum absolute atomic E-state index is 13.6. The predicted molar refractivity (Wildman–Crippen MR) is 78.9 cm³/mol. The lowest BCUT2D eigenvalue weighted by Gasteiger charge is -2.04. The number of carboxylic acid groups (broad SMARTS) is 1. The molecule has 0 radical (unpaired) electrons. The summed E-state index contributed by atoms with van der Waals surface area (Å²) in [6, 6.07) is 2.37. The number of benzene rings is 1. The lowest BCUT2D eigenvalue weighted by atomic mass is 10.2. The van der Waals surface area contributed by atoms with E-state index in [-0.39, 0.29) is 10.7 Å². The van der Waals surface area contributed by atoms with Gasteiger partial charge in [0.05, 0.1) is 5.56 Å². The third-order valence-corrected chi connectivity index (χ3v) is 3.72. The highest BCUT2D eigenvalue weighted by Crippen LogP contribution is 2.30. The average molecular weight is 351 g/mol. The van der Waals surface area contributed by atoms with Gasteiger partial charge < -0.3 is 9.63 Å². The molecule has 122 valence electrons. The van der Waals surface area contributed by atoms with Gasteiger partial charge in [0.25, 0.3) is 5.91 Å². The molecular formula is C14H7F2N3O4S. The molecular weight excluding hydrogens is 344 g/mol. The minimum absolute atomic E-state index is 0.0626. The van der Waals surface area contributed by atoms with Crippen LogP contribution in [0.3, 0.4) is 0 Å². The van der Waals surface area contributed by atoms with E-state index in [1.54, 1.807) is 5.38 Å². The van der Waals surface area contributed by atoms with Gasteiger partial charge in [-0.15, -0.1) is 11.3 Å². The largest absolute Gasteiger partial charge is 0.477 e. The van der Waals surface area contributed by atoms with Gasteiger partial charge in [-0.25, -0.2) is 18.6 Å². The van der Waals surface area contributed by atoms with Crippen molar-refractivity contribution in [1.29, 1.82) is 0 Å². The zero-order valence-corrected chi connectivity index (χ0v) is 12.4. The van der Waals surface area contributed by atoms with Crippen LogP contribution >= 0.6 is 11.3 Å². The number of amides is 1. The number of thiazole rings is 1. The number of hydrogen-bond acceptors (Lipinski definition) is 6. The van der Waals surface area contributed by atoms with Gasteiger partial charge in [0.1, 0.15) is 16.6 Å². The first-order valence-electron chi connectivity index (χ1n) is 6.36. The molecule has 2 N–H and O–H groups in total. The molecule has 0 aliphatic rings. The molecule has 1 amide bonds. The molecule has 3 rings (SSSR count). The van der Waals surface area contributed by atoms with Crippen LogP contribution < -0.4 is 5.32 Å². The van der Waals surface area contributed by atoms with E-state index in [2.05, 4.69) is 15.5 Å². The second-order valence-electron chi connectivity index (χ2n) is 4.46. The summed E-state index contributed by atoms with van der Waals surface area (Å²) in [6.45, 7) is 0. The predicted octanol–water partition coefficient (Wildman–Crippen LogP) is 3.03. The highest BCUT2D eigenvalue weighted by atomic mass is 32.1. The smallest absolute Gasteiger partial charge is 0.343 e. The van der Waals surface area contributed by atoms with Crippen LogP contribution in [0.15, 0.2) is 34.3 Å². The maximum Gasteiger partial charge on any atom is 0.343 e. The van der Waals surface area contributed by atoms with Crippen molar-refractivity contribution in [3.63, 3.8) is 0 Å². The SMILES string of the molecule is O=C(Nc1onc(-c2nccs2)c1C(=O)O)c1ccc(F)cc1F. The van der Waals surface area contributed by atoms with E-state index >= 15 is 0 Å². The van der Waals surface area contributed by atoms with Crippen molar-refractivity contribution in [2.24, 2.45) is 0 Å². The Kier molecular flexibility index (Phi) is 4.04. The van der Waals surface area contributed by atoms with Gasteiger partial charge in [0, 0.05) is 17.6 Å². The number of hydrogen-bond donors (Lipinski definition) is 2.